The summed E-state index contributed by atoms with van der Waals surface area (Å²) in [6.07, 6.45) is 0.712. The molecular weight excluding hydrogens is 300 g/mol. The van der Waals surface area contributed by atoms with E-state index in [1.807, 2.05) is 19.9 Å². The standard InChI is InChI=1S/C12H14N2O2S3/c1-8-3-4-12(17-8)19(15,16)14-6-5-10-11(7-14)18-9(2)13-10/h3-4H,5-7H2,1-2H3. The predicted molar refractivity (Wildman–Crippen MR) is 77.2 cm³/mol. The van der Waals surface area contributed by atoms with Gasteiger partial charge in [0, 0.05) is 22.7 Å². The largest absolute Gasteiger partial charge is 0.252 e. The Morgan fingerprint density at radius 1 is 1.26 bits per heavy atom. The van der Waals surface area contributed by atoms with Crippen molar-refractivity contribution in [1.82, 2.24) is 9.29 Å². The molecule has 0 saturated heterocycles. The summed E-state index contributed by atoms with van der Waals surface area (Å²) in [6, 6.07) is 3.55. The number of hydrogen-bond donors (Lipinski definition) is 0. The zero-order chi connectivity index (χ0) is 13.6. The molecule has 7 heteroatoms. The summed E-state index contributed by atoms with van der Waals surface area (Å²) >= 11 is 2.93. The SMILES string of the molecule is Cc1ccc(S(=O)(=O)N2CCc3nc(C)sc3C2)s1. The van der Waals surface area contributed by atoms with Crippen molar-refractivity contribution in [2.24, 2.45) is 0 Å². The molecule has 3 rings (SSSR count). The van der Waals surface area contributed by atoms with Crippen LogP contribution >= 0.6 is 22.7 Å². The second kappa shape index (κ2) is 4.66. The average molecular weight is 314 g/mol. The van der Waals surface area contributed by atoms with Crippen LogP contribution in [0.4, 0.5) is 0 Å². The summed E-state index contributed by atoms with van der Waals surface area (Å²) in [5, 5.41) is 1.01. The Hall–Kier alpha value is -0.760. The Morgan fingerprint density at radius 2 is 2.05 bits per heavy atom. The highest BCUT2D eigenvalue weighted by molar-refractivity contribution is 7.91. The van der Waals surface area contributed by atoms with E-state index < -0.39 is 10.0 Å². The molecule has 3 heterocycles. The van der Waals surface area contributed by atoms with Crippen LogP contribution in [0.3, 0.4) is 0 Å². The molecule has 0 bridgehead atoms. The number of fused-ring (bicyclic) bond motifs is 1. The van der Waals surface area contributed by atoms with E-state index in [0.29, 0.717) is 23.7 Å². The summed E-state index contributed by atoms with van der Waals surface area (Å²) in [5.74, 6) is 0. The van der Waals surface area contributed by atoms with Gasteiger partial charge in [0.2, 0.25) is 0 Å². The quantitative estimate of drug-likeness (QED) is 0.856. The van der Waals surface area contributed by atoms with Gasteiger partial charge in [0.25, 0.3) is 10.0 Å². The highest BCUT2D eigenvalue weighted by atomic mass is 32.2. The van der Waals surface area contributed by atoms with Crippen LogP contribution in [0, 0.1) is 13.8 Å². The van der Waals surface area contributed by atoms with Gasteiger partial charge in [-0.15, -0.1) is 22.7 Å². The van der Waals surface area contributed by atoms with E-state index in [9.17, 15) is 8.42 Å². The number of hydrogen-bond acceptors (Lipinski definition) is 5. The molecule has 0 spiro atoms. The monoisotopic (exact) mass is 314 g/mol. The minimum atomic E-state index is -3.34. The third-order valence-corrected chi connectivity index (χ3v) is 7.42. The van der Waals surface area contributed by atoms with Crippen molar-refractivity contribution in [3.8, 4) is 0 Å². The van der Waals surface area contributed by atoms with Gasteiger partial charge in [-0.05, 0) is 26.0 Å². The summed E-state index contributed by atoms with van der Waals surface area (Å²) in [6.45, 7) is 4.87. The van der Waals surface area contributed by atoms with Crippen molar-refractivity contribution in [3.05, 3.63) is 32.6 Å². The molecule has 4 nitrogen and oxygen atoms in total. The summed E-state index contributed by atoms with van der Waals surface area (Å²) in [4.78, 5) is 6.55. The highest BCUT2D eigenvalue weighted by Gasteiger charge is 2.30. The van der Waals surface area contributed by atoms with Gasteiger partial charge in [0.1, 0.15) is 4.21 Å². The predicted octanol–water partition coefficient (Wildman–Crippen LogP) is 2.57. The molecule has 102 valence electrons. The molecule has 0 fully saturated rings. The first-order valence-electron chi connectivity index (χ1n) is 5.98. The molecule has 0 unspecified atom stereocenters. The van der Waals surface area contributed by atoms with Gasteiger partial charge < -0.3 is 0 Å². The van der Waals surface area contributed by atoms with E-state index in [2.05, 4.69) is 4.98 Å². The number of thiazole rings is 1. The summed E-state index contributed by atoms with van der Waals surface area (Å²) in [7, 11) is -3.34. The second-order valence-electron chi connectivity index (χ2n) is 4.56. The zero-order valence-electron chi connectivity index (χ0n) is 10.7. The fourth-order valence-corrected chi connectivity index (χ4v) is 6.11. The Kier molecular flexibility index (Phi) is 3.24. The van der Waals surface area contributed by atoms with Gasteiger partial charge in [-0.2, -0.15) is 4.31 Å². The van der Waals surface area contributed by atoms with Crippen molar-refractivity contribution in [2.75, 3.05) is 6.54 Å². The molecule has 0 aromatic carbocycles. The van der Waals surface area contributed by atoms with E-state index in [1.54, 1.807) is 21.7 Å². The molecule has 2 aromatic heterocycles. The van der Waals surface area contributed by atoms with Gasteiger partial charge in [0.15, 0.2) is 0 Å². The lowest BCUT2D eigenvalue weighted by Crippen LogP contribution is -2.35. The van der Waals surface area contributed by atoms with E-state index >= 15 is 0 Å². The minimum absolute atomic E-state index is 0.440. The van der Waals surface area contributed by atoms with Crippen molar-refractivity contribution in [1.29, 1.82) is 0 Å². The lowest BCUT2D eigenvalue weighted by atomic mass is 10.2. The molecule has 0 amide bonds. The van der Waals surface area contributed by atoms with Crippen LogP contribution in [0.1, 0.15) is 20.5 Å². The Morgan fingerprint density at radius 3 is 2.74 bits per heavy atom. The molecule has 1 aliphatic rings. The van der Waals surface area contributed by atoms with Gasteiger partial charge in [0.05, 0.1) is 17.2 Å². The number of aromatic nitrogens is 1. The lowest BCUT2D eigenvalue weighted by molar-refractivity contribution is 0.394. The molecular formula is C12H14N2O2S3. The van der Waals surface area contributed by atoms with Crippen LogP contribution < -0.4 is 0 Å². The van der Waals surface area contributed by atoms with Crippen LogP contribution in [-0.2, 0) is 23.0 Å². The van der Waals surface area contributed by atoms with E-state index in [0.717, 1.165) is 20.5 Å². The molecule has 0 radical (unpaired) electrons. The Bertz CT molecular complexity index is 715. The number of thiophene rings is 1. The number of sulfonamides is 1. The maximum atomic E-state index is 12.5. The maximum absolute atomic E-state index is 12.5. The van der Waals surface area contributed by atoms with Crippen LogP contribution in [0.2, 0.25) is 0 Å². The van der Waals surface area contributed by atoms with Crippen molar-refractivity contribution in [2.45, 2.75) is 31.0 Å². The number of aryl methyl sites for hydroxylation is 2. The molecule has 1 aliphatic heterocycles. The second-order valence-corrected chi connectivity index (χ2v) is 9.30. The first-order valence-corrected chi connectivity index (χ1v) is 9.06. The topological polar surface area (TPSA) is 50.3 Å². The first-order chi connectivity index (χ1) is 8.96. The fourth-order valence-electron chi connectivity index (χ4n) is 2.18. The number of rotatable bonds is 2. The average Bonchev–Trinajstić information content (AvgIpc) is 2.93. The summed E-state index contributed by atoms with van der Waals surface area (Å²) in [5.41, 5.74) is 1.07. The smallest absolute Gasteiger partial charge is 0.246 e. The zero-order valence-corrected chi connectivity index (χ0v) is 13.2. The molecule has 0 N–H and O–H groups in total. The van der Waals surface area contributed by atoms with Crippen molar-refractivity contribution < 1.29 is 8.42 Å². The van der Waals surface area contributed by atoms with E-state index in [-0.39, 0.29) is 0 Å². The normalized spacial score (nSPS) is 16.5. The maximum Gasteiger partial charge on any atom is 0.252 e. The Balaban J connectivity index is 1.92. The molecule has 2 aromatic rings. The third kappa shape index (κ3) is 2.35. The van der Waals surface area contributed by atoms with Crippen molar-refractivity contribution >= 4 is 32.7 Å². The van der Waals surface area contributed by atoms with Gasteiger partial charge >= 0.3 is 0 Å². The summed E-state index contributed by atoms with van der Waals surface area (Å²) < 4.78 is 27.1. The van der Waals surface area contributed by atoms with Crippen LogP contribution in [-0.4, -0.2) is 24.3 Å². The lowest BCUT2D eigenvalue weighted by Gasteiger charge is -2.24. The van der Waals surface area contributed by atoms with E-state index in [4.69, 9.17) is 0 Å². The van der Waals surface area contributed by atoms with Crippen molar-refractivity contribution in [3.63, 3.8) is 0 Å². The van der Waals surface area contributed by atoms with Crippen LogP contribution in [0.5, 0.6) is 0 Å². The van der Waals surface area contributed by atoms with Gasteiger partial charge in [-0.3, -0.25) is 0 Å². The van der Waals surface area contributed by atoms with Gasteiger partial charge in [-0.25, -0.2) is 13.4 Å². The fraction of sp³-hybridized carbons (Fsp3) is 0.417. The molecule has 0 saturated carbocycles. The molecule has 19 heavy (non-hydrogen) atoms. The van der Waals surface area contributed by atoms with E-state index in [1.165, 1.54) is 11.3 Å². The number of nitrogens with zero attached hydrogens (tertiary/aromatic N) is 2. The van der Waals surface area contributed by atoms with Crippen LogP contribution in [0.15, 0.2) is 16.3 Å². The van der Waals surface area contributed by atoms with Crippen LogP contribution in [0.25, 0.3) is 0 Å². The highest BCUT2D eigenvalue weighted by Crippen LogP contribution is 2.30. The Labute approximate surface area is 120 Å². The minimum Gasteiger partial charge on any atom is -0.246 e. The first kappa shape index (κ1) is 13.2. The molecule has 0 aliphatic carbocycles. The third-order valence-electron chi connectivity index (χ3n) is 3.11. The van der Waals surface area contributed by atoms with Gasteiger partial charge in [-0.1, -0.05) is 0 Å². The molecule has 0 atom stereocenters.